The van der Waals surface area contributed by atoms with Gasteiger partial charge in [-0.3, -0.25) is 15.0 Å². The van der Waals surface area contributed by atoms with Gasteiger partial charge >= 0.3 is 0 Å². The van der Waals surface area contributed by atoms with E-state index in [4.69, 9.17) is 10.1 Å². The minimum Gasteiger partial charge on any atom is -0.494 e. The van der Waals surface area contributed by atoms with Gasteiger partial charge in [0.2, 0.25) is 0 Å². The van der Waals surface area contributed by atoms with Crippen molar-refractivity contribution in [1.82, 2.24) is 9.88 Å². The Morgan fingerprint density at radius 2 is 1.70 bits per heavy atom. The van der Waals surface area contributed by atoms with E-state index in [1.54, 1.807) is 85.9 Å². The van der Waals surface area contributed by atoms with Gasteiger partial charge in [-0.25, -0.2) is 4.98 Å². The van der Waals surface area contributed by atoms with Crippen molar-refractivity contribution in [1.29, 1.82) is 5.41 Å². The molecule has 0 aliphatic carbocycles. The molecule has 8 heteroatoms. The Bertz CT molecular complexity index is 1130. The summed E-state index contributed by atoms with van der Waals surface area (Å²) < 4.78 is 5.66. The van der Waals surface area contributed by atoms with Gasteiger partial charge in [0, 0.05) is 31.4 Å². The fourth-order valence-electron chi connectivity index (χ4n) is 2.98. The topological polar surface area (TPSA) is 107 Å². The molecule has 0 atom stereocenters. The van der Waals surface area contributed by atoms with Gasteiger partial charge in [-0.1, -0.05) is 25.1 Å². The van der Waals surface area contributed by atoms with Gasteiger partial charge < -0.3 is 20.3 Å². The minimum absolute atomic E-state index is 0.258. The van der Waals surface area contributed by atoms with Crippen LogP contribution in [0.25, 0.3) is 0 Å². The summed E-state index contributed by atoms with van der Waals surface area (Å²) in [6.07, 6.45) is 2.41. The van der Waals surface area contributed by atoms with Crippen molar-refractivity contribution >= 4 is 29.2 Å². The first kappa shape index (κ1) is 23.5. The van der Waals surface area contributed by atoms with Crippen LogP contribution in [0.4, 0.5) is 11.5 Å². The highest BCUT2D eigenvalue weighted by Crippen LogP contribution is 2.24. The smallest absolute Gasteiger partial charge is 0.259 e. The van der Waals surface area contributed by atoms with Crippen LogP contribution in [0.15, 0.2) is 66.9 Å². The SMILES string of the molecule is CCCOc1ccc(NC(=O)c2ccc(C(=N)N(C)C)cc2)c(C(=O)Nc2ccccn2)c1. The summed E-state index contributed by atoms with van der Waals surface area (Å²) in [6.45, 7) is 2.51. The number of hydrogen-bond acceptors (Lipinski definition) is 5. The molecule has 33 heavy (non-hydrogen) atoms. The van der Waals surface area contributed by atoms with Crippen molar-refractivity contribution in [3.8, 4) is 5.75 Å². The molecule has 0 aliphatic heterocycles. The van der Waals surface area contributed by atoms with Crippen LogP contribution in [-0.4, -0.2) is 48.2 Å². The molecule has 3 N–H and O–H groups in total. The van der Waals surface area contributed by atoms with Crippen LogP contribution >= 0.6 is 0 Å². The zero-order valence-electron chi connectivity index (χ0n) is 18.9. The zero-order valence-corrected chi connectivity index (χ0v) is 18.9. The fraction of sp³-hybridized carbons (Fsp3) is 0.200. The Labute approximate surface area is 193 Å². The van der Waals surface area contributed by atoms with Crippen LogP contribution in [0.1, 0.15) is 39.6 Å². The quantitative estimate of drug-likeness (QED) is 0.355. The molecule has 0 spiro atoms. The Hall–Kier alpha value is -4.20. The van der Waals surface area contributed by atoms with Crippen molar-refractivity contribution in [2.24, 2.45) is 0 Å². The Morgan fingerprint density at radius 1 is 0.970 bits per heavy atom. The summed E-state index contributed by atoms with van der Waals surface area (Å²) >= 11 is 0. The summed E-state index contributed by atoms with van der Waals surface area (Å²) in [4.78, 5) is 31.6. The molecule has 0 fully saturated rings. The second-order valence-electron chi connectivity index (χ2n) is 7.50. The highest BCUT2D eigenvalue weighted by atomic mass is 16.5. The number of carbonyl (C=O) groups is 2. The molecule has 0 radical (unpaired) electrons. The highest BCUT2D eigenvalue weighted by Gasteiger charge is 2.17. The van der Waals surface area contributed by atoms with E-state index in [0.29, 0.717) is 40.8 Å². The number of aromatic nitrogens is 1. The number of carbonyl (C=O) groups excluding carboxylic acids is 2. The lowest BCUT2D eigenvalue weighted by molar-refractivity contribution is 0.102. The van der Waals surface area contributed by atoms with Crippen LogP contribution in [0.3, 0.4) is 0 Å². The van der Waals surface area contributed by atoms with Gasteiger partial charge in [0.05, 0.1) is 17.9 Å². The van der Waals surface area contributed by atoms with Crippen LogP contribution < -0.4 is 15.4 Å². The predicted octanol–water partition coefficient (Wildman–Crippen LogP) is 4.26. The van der Waals surface area contributed by atoms with Crippen LogP contribution in [0, 0.1) is 5.41 Å². The van der Waals surface area contributed by atoms with E-state index in [-0.39, 0.29) is 11.5 Å². The van der Waals surface area contributed by atoms with Crippen molar-refractivity contribution in [3.63, 3.8) is 0 Å². The molecule has 3 aromatic rings. The minimum atomic E-state index is -0.416. The summed E-state index contributed by atoms with van der Waals surface area (Å²) in [5.74, 6) is 0.497. The summed E-state index contributed by atoms with van der Waals surface area (Å²) in [5.41, 5.74) is 1.72. The number of nitrogens with one attached hydrogen (secondary N) is 3. The molecular weight excluding hydrogens is 418 g/mol. The van der Waals surface area contributed by atoms with Gasteiger partial charge in [0.1, 0.15) is 17.4 Å². The molecule has 1 aromatic heterocycles. The maximum atomic E-state index is 13.0. The van der Waals surface area contributed by atoms with Crippen LogP contribution in [0.2, 0.25) is 0 Å². The maximum Gasteiger partial charge on any atom is 0.259 e. The molecule has 0 saturated carbocycles. The summed E-state index contributed by atoms with van der Waals surface area (Å²) in [6, 6.07) is 16.9. The van der Waals surface area contributed by atoms with Crippen LogP contribution in [0.5, 0.6) is 5.75 Å². The molecule has 0 aliphatic rings. The third-order valence-electron chi connectivity index (χ3n) is 4.73. The normalized spacial score (nSPS) is 10.3. The maximum absolute atomic E-state index is 13.0. The molecular formula is C25H27N5O3. The van der Waals surface area contributed by atoms with E-state index in [0.717, 1.165) is 6.42 Å². The number of benzene rings is 2. The third kappa shape index (κ3) is 6.16. The van der Waals surface area contributed by atoms with E-state index >= 15 is 0 Å². The molecule has 3 rings (SSSR count). The Balaban J connectivity index is 1.84. The lowest BCUT2D eigenvalue weighted by atomic mass is 10.1. The zero-order chi connectivity index (χ0) is 23.8. The lowest BCUT2D eigenvalue weighted by Crippen LogP contribution is -2.22. The Morgan fingerprint density at radius 3 is 2.33 bits per heavy atom. The van der Waals surface area contributed by atoms with Gasteiger partial charge in [0.15, 0.2) is 0 Å². The number of nitrogens with zero attached hydrogens (tertiary/aromatic N) is 2. The fourth-order valence-corrected chi connectivity index (χ4v) is 2.98. The van der Waals surface area contributed by atoms with Crippen LogP contribution in [-0.2, 0) is 0 Å². The van der Waals surface area contributed by atoms with Gasteiger partial charge in [-0.15, -0.1) is 0 Å². The predicted molar refractivity (Wildman–Crippen MR) is 129 cm³/mol. The molecule has 0 bridgehead atoms. The molecule has 0 saturated heterocycles. The van der Waals surface area contributed by atoms with E-state index in [2.05, 4.69) is 15.6 Å². The number of anilines is 2. The standard InChI is InChI=1S/C25H27N5O3/c1-4-15-33-19-12-13-21(20(16-19)25(32)29-22-7-5-6-14-27-22)28-24(31)18-10-8-17(9-11-18)23(26)30(2)3/h5-14,16,26H,4,15H2,1-3H3,(H,28,31)(H,27,29,32). The van der Waals surface area contributed by atoms with Gasteiger partial charge in [-0.2, -0.15) is 0 Å². The van der Waals surface area contributed by atoms with Crippen molar-refractivity contribution in [3.05, 3.63) is 83.6 Å². The first-order valence-electron chi connectivity index (χ1n) is 10.6. The summed E-state index contributed by atoms with van der Waals surface area (Å²) in [7, 11) is 3.57. The first-order chi connectivity index (χ1) is 15.9. The molecule has 2 aromatic carbocycles. The Kier molecular flexibility index (Phi) is 7.75. The van der Waals surface area contributed by atoms with Crippen molar-refractivity contribution < 1.29 is 14.3 Å². The molecule has 8 nitrogen and oxygen atoms in total. The van der Waals surface area contributed by atoms with E-state index < -0.39 is 5.91 Å². The number of hydrogen-bond donors (Lipinski definition) is 3. The molecule has 170 valence electrons. The molecule has 1 heterocycles. The average molecular weight is 446 g/mol. The monoisotopic (exact) mass is 445 g/mol. The number of pyridine rings is 1. The number of ether oxygens (including phenoxy) is 1. The molecule has 0 unspecified atom stereocenters. The number of amides is 2. The lowest BCUT2D eigenvalue weighted by Gasteiger charge is -2.15. The first-order valence-corrected chi connectivity index (χ1v) is 10.6. The van der Waals surface area contributed by atoms with E-state index in [1.165, 1.54) is 0 Å². The van der Waals surface area contributed by atoms with Crippen molar-refractivity contribution in [2.45, 2.75) is 13.3 Å². The number of amidine groups is 1. The average Bonchev–Trinajstić information content (AvgIpc) is 2.83. The van der Waals surface area contributed by atoms with E-state index in [1.807, 2.05) is 6.92 Å². The van der Waals surface area contributed by atoms with Gasteiger partial charge in [0.25, 0.3) is 11.8 Å². The van der Waals surface area contributed by atoms with E-state index in [9.17, 15) is 9.59 Å². The highest BCUT2D eigenvalue weighted by molar-refractivity contribution is 6.12. The summed E-state index contributed by atoms with van der Waals surface area (Å²) in [5, 5.41) is 13.6. The van der Waals surface area contributed by atoms with Gasteiger partial charge in [-0.05, 0) is 48.9 Å². The number of rotatable bonds is 8. The van der Waals surface area contributed by atoms with Crippen molar-refractivity contribution in [2.75, 3.05) is 31.3 Å². The third-order valence-corrected chi connectivity index (χ3v) is 4.73. The second kappa shape index (κ2) is 10.9. The second-order valence-corrected chi connectivity index (χ2v) is 7.50. The molecule has 2 amide bonds. The largest absolute Gasteiger partial charge is 0.494 e.